The van der Waals surface area contributed by atoms with Crippen LogP contribution in [0.15, 0.2) is 0 Å². The molecule has 1 aliphatic rings. The molecule has 64 valence electrons. The highest BCUT2D eigenvalue weighted by Crippen LogP contribution is 2.17. The molecule has 1 heterocycles. The van der Waals surface area contributed by atoms with Gasteiger partial charge in [0.25, 0.3) is 0 Å². The number of likely N-dealkylation sites (tertiary alicyclic amines) is 1. The summed E-state index contributed by atoms with van der Waals surface area (Å²) in [6, 6.07) is 0.331. The van der Waals surface area contributed by atoms with Gasteiger partial charge in [-0.05, 0) is 32.9 Å². The fourth-order valence-corrected chi connectivity index (χ4v) is 1.62. The van der Waals surface area contributed by atoms with Crippen molar-refractivity contribution in [3.63, 3.8) is 0 Å². The van der Waals surface area contributed by atoms with E-state index in [-0.39, 0.29) is 0 Å². The number of carbonyl (C=O) groups excluding carboxylic acids is 1. The quantitative estimate of drug-likeness (QED) is 0.587. The average molecular weight is 156 g/mol. The minimum absolute atomic E-state index is 0.331. The van der Waals surface area contributed by atoms with Crippen LogP contribution in [0.3, 0.4) is 0 Å². The highest BCUT2D eigenvalue weighted by molar-refractivity contribution is 5.46. The van der Waals surface area contributed by atoms with Crippen molar-refractivity contribution in [2.24, 2.45) is 5.92 Å². The fourth-order valence-electron chi connectivity index (χ4n) is 1.62. The van der Waals surface area contributed by atoms with Gasteiger partial charge in [-0.3, -0.25) is 4.79 Å². The van der Waals surface area contributed by atoms with Gasteiger partial charge >= 0.3 is 0 Å². The predicted molar refractivity (Wildman–Crippen MR) is 44.3 cm³/mol. The summed E-state index contributed by atoms with van der Waals surface area (Å²) in [4.78, 5) is 12.4. The third-order valence-corrected chi connectivity index (χ3v) is 2.47. The Labute approximate surface area is 67.8 Å². The molecule has 0 aromatic carbocycles. The van der Waals surface area contributed by atoms with Crippen LogP contribution in [0.2, 0.25) is 0 Å². The fraction of sp³-hybridized carbons (Fsp3) is 0.875. The van der Waals surface area contributed by atoms with E-state index in [1.165, 1.54) is 6.42 Å². The Morgan fingerprint density at radius 1 is 1.73 bits per heavy atom. The van der Waals surface area contributed by atoms with Crippen LogP contribution in [0.4, 0.5) is 0 Å². The summed E-state index contributed by atoms with van der Waals surface area (Å²) >= 11 is 0. The van der Waals surface area contributed by atoms with Crippen molar-refractivity contribution >= 4 is 6.41 Å². The summed E-state index contributed by atoms with van der Waals surface area (Å²) < 4.78 is 0. The molecule has 0 aromatic rings. The first kappa shape index (κ1) is 8.53. The topological polar surface area (TPSA) is 32.3 Å². The summed E-state index contributed by atoms with van der Waals surface area (Å²) in [7, 11) is 2.12. The third-order valence-electron chi connectivity index (χ3n) is 2.47. The largest absolute Gasteiger partial charge is 0.356 e. The van der Waals surface area contributed by atoms with Crippen LogP contribution in [0.5, 0.6) is 0 Å². The lowest BCUT2D eigenvalue weighted by Crippen LogP contribution is -2.33. The lowest BCUT2D eigenvalue weighted by Gasteiger charge is -2.17. The normalized spacial score (nSPS) is 28.4. The van der Waals surface area contributed by atoms with Gasteiger partial charge in [0.05, 0.1) is 0 Å². The molecule has 0 bridgehead atoms. The number of amides is 1. The number of carbonyl (C=O) groups is 1. The molecule has 1 fully saturated rings. The smallest absolute Gasteiger partial charge is 0.207 e. The second kappa shape index (κ2) is 3.72. The minimum Gasteiger partial charge on any atom is -0.356 e. The van der Waals surface area contributed by atoms with Crippen LogP contribution >= 0.6 is 0 Å². The molecule has 1 rings (SSSR count). The molecule has 3 nitrogen and oxygen atoms in total. The lowest BCUT2D eigenvalue weighted by molar-refractivity contribution is -0.110. The van der Waals surface area contributed by atoms with E-state index in [4.69, 9.17) is 0 Å². The molecular formula is C8H16N2O. The highest BCUT2D eigenvalue weighted by atomic mass is 16.1. The second-order valence-electron chi connectivity index (χ2n) is 3.38. The summed E-state index contributed by atoms with van der Waals surface area (Å²) in [5.41, 5.74) is 0. The Balaban J connectivity index is 2.30. The molecule has 11 heavy (non-hydrogen) atoms. The van der Waals surface area contributed by atoms with E-state index in [0.29, 0.717) is 12.0 Å². The van der Waals surface area contributed by atoms with E-state index in [1.54, 1.807) is 0 Å². The van der Waals surface area contributed by atoms with Gasteiger partial charge in [-0.15, -0.1) is 0 Å². The van der Waals surface area contributed by atoms with Gasteiger partial charge < -0.3 is 10.2 Å². The Morgan fingerprint density at radius 2 is 2.45 bits per heavy atom. The van der Waals surface area contributed by atoms with Crippen molar-refractivity contribution in [2.75, 3.05) is 20.1 Å². The Morgan fingerprint density at radius 3 is 2.91 bits per heavy atom. The maximum Gasteiger partial charge on any atom is 0.207 e. The average Bonchev–Trinajstić information content (AvgIpc) is 2.36. The summed E-state index contributed by atoms with van der Waals surface area (Å²) in [6.45, 7) is 4.34. The molecule has 0 radical (unpaired) electrons. The highest BCUT2D eigenvalue weighted by Gasteiger charge is 2.23. The molecule has 0 spiro atoms. The minimum atomic E-state index is 0.331. The number of nitrogens with one attached hydrogen (secondary N) is 1. The van der Waals surface area contributed by atoms with Crippen LogP contribution < -0.4 is 5.32 Å². The molecule has 2 unspecified atom stereocenters. The van der Waals surface area contributed by atoms with Crippen molar-refractivity contribution < 1.29 is 4.79 Å². The lowest BCUT2D eigenvalue weighted by atomic mass is 10.0. The first-order valence-electron chi connectivity index (χ1n) is 4.12. The third kappa shape index (κ3) is 2.19. The van der Waals surface area contributed by atoms with E-state index >= 15 is 0 Å². The van der Waals surface area contributed by atoms with Gasteiger partial charge in [0.15, 0.2) is 0 Å². The van der Waals surface area contributed by atoms with E-state index in [0.717, 1.165) is 19.5 Å². The molecule has 1 N–H and O–H groups in total. The van der Waals surface area contributed by atoms with E-state index in [2.05, 4.69) is 24.2 Å². The van der Waals surface area contributed by atoms with Crippen molar-refractivity contribution in [2.45, 2.75) is 19.4 Å². The standard InChI is InChI=1S/C8H16N2O/c1-7(9-6-11)8-3-4-10(2)5-8/h6-8H,3-5H2,1-2H3,(H,9,11). The molecule has 1 aliphatic heterocycles. The van der Waals surface area contributed by atoms with E-state index in [9.17, 15) is 4.79 Å². The van der Waals surface area contributed by atoms with Gasteiger partial charge in [-0.25, -0.2) is 0 Å². The number of rotatable bonds is 3. The van der Waals surface area contributed by atoms with Crippen LogP contribution in [0, 0.1) is 5.92 Å². The van der Waals surface area contributed by atoms with Crippen LogP contribution in [0.25, 0.3) is 0 Å². The molecular weight excluding hydrogens is 140 g/mol. The number of hydrogen-bond donors (Lipinski definition) is 1. The van der Waals surface area contributed by atoms with Gasteiger partial charge in [0, 0.05) is 12.6 Å². The Kier molecular flexibility index (Phi) is 2.88. The van der Waals surface area contributed by atoms with Crippen molar-refractivity contribution in [3.8, 4) is 0 Å². The zero-order valence-corrected chi connectivity index (χ0v) is 7.21. The summed E-state index contributed by atoms with van der Waals surface area (Å²) in [6.07, 6.45) is 2.00. The van der Waals surface area contributed by atoms with Crippen LogP contribution in [-0.2, 0) is 4.79 Å². The van der Waals surface area contributed by atoms with E-state index in [1.807, 2.05) is 0 Å². The monoisotopic (exact) mass is 156 g/mol. The molecule has 2 atom stereocenters. The first-order valence-corrected chi connectivity index (χ1v) is 4.12. The van der Waals surface area contributed by atoms with Gasteiger partial charge in [0.1, 0.15) is 0 Å². The second-order valence-corrected chi connectivity index (χ2v) is 3.38. The molecule has 0 saturated carbocycles. The molecule has 1 saturated heterocycles. The number of nitrogens with zero attached hydrogens (tertiary/aromatic N) is 1. The maximum absolute atomic E-state index is 10.1. The molecule has 1 amide bonds. The van der Waals surface area contributed by atoms with Gasteiger partial charge in [-0.2, -0.15) is 0 Å². The van der Waals surface area contributed by atoms with E-state index < -0.39 is 0 Å². The Hall–Kier alpha value is -0.570. The SMILES string of the molecule is CC(NC=O)C1CCN(C)C1. The van der Waals surface area contributed by atoms with Crippen molar-refractivity contribution in [3.05, 3.63) is 0 Å². The molecule has 0 aliphatic carbocycles. The predicted octanol–water partition coefficient (Wildman–Crippen LogP) is 0.0726. The molecule has 3 heteroatoms. The molecule has 0 aromatic heterocycles. The van der Waals surface area contributed by atoms with Crippen LogP contribution in [0.1, 0.15) is 13.3 Å². The first-order chi connectivity index (χ1) is 5.24. The van der Waals surface area contributed by atoms with Gasteiger partial charge in [0.2, 0.25) is 6.41 Å². The summed E-state index contributed by atoms with van der Waals surface area (Å²) in [5.74, 6) is 0.644. The van der Waals surface area contributed by atoms with Gasteiger partial charge in [-0.1, -0.05) is 0 Å². The zero-order chi connectivity index (χ0) is 8.27. The Bertz CT molecular complexity index is 138. The summed E-state index contributed by atoms with van der Waals surface area (Å²) in [5, 5.41) is 2.80. The maximum atomic E-state index is 10.1. The van der Waals surface area contributed by atoms with Crippen molar-refractivity contribution in [1.29, 1.82) is 0 Å². The zero-order valence-electron chi connectivity index (χ0n) is 7.21. The van der Waals surface area contributed by atoms with Crippen LogP contribution in [-0.4, -0.2) is 37.5 Å². The number of hydrogen-bond acceptors (Lipinski definition) is 2. The van der Waals surface area contributed by atoms with Crippen molar-refractivity contribution in [1.82, 2.24) is 10.2 Å².